The van der Waals surface area contributed by atoms with Gasteiger partial charge in [0.05, 0.1) is 0 Å². The summed E-state index contributed by atoms with van der Waals surface area (Å²) in [6, 6.07) is 0. The topological polar surface area (TPSA) is 33.8 Å². The summed E-state index contributed by atoms with van der Waals surface area (Å²) < 4.78 is 0. The van der Waals surface area contributed by atoms with Gasteiger partial charge < -0.3 is 9.80 Å². The lowest BCUT2D eigenvalue weighted by molar-refractivity contribution is 0.153. The average Bonchev–Trinajstić information content (AvgIpc) is 2.77. The van der Waals surface area contributed by atoms with Gasteiger partial charge in [0.2, 0.25) is 0 Å². The minimum Gasteiger partial charge on any atom is -0.306 e. The predicted molar refractivity (Wildman–Crippen MR) is 75.5 cm³/mol. The number of rotatable bonds is 6. The molecule has 0 radical (unpaired) electrons. The van der Waals surface area contributed by atoms with Crippen molar-refractivity contribution in [3.05, 3.63) is 0 Å². The molecule has 2 heterocycles. The molecule has 2 saturated heterocycles. The van der Waals surface area contributed by atoms with Gasteiger partial charge >= 0.3 is 0 Å². The minimum atomic E-state index is 0.825. The van der Waals surface area contributed by atoms with E-state index >= 15 is 0 Å². The molecule has 2 aliphatic heterocycles. The van der Waals surface area contributed by atoms with Gasteiger partial charge in [0, 0.05) is 52.4 Å². The van der Waals surface area contributed by atoms with Gasteiger partial charge in [-0.3, -0.25) is 15.8 Å². The number of piperazine rings is 1. The molecule has 1 atom stereocenters. The Kier molecular flexibility index (Phi) is 5.85. The summed E-state index contributed by atoms with van der Waals surface area (Å²) in [6.45, 7) is 10.7. The second-order valence-electron chi connectivity index (χ2n) is 5.87. The minimum absolute atomic E-state index is 0.825. The normalized spacial score (nSPS) is 28.0. The number of nitrogens with one attached hydrogen (secondary N) is 2. The Hall–Kier alpha value is -0.200. The molecule has 2 fully saturated rings. The third kappa shape index (κ3) is 4.82. The van der Waals surface area contributed by atoms with Crippen molar-refractivity contribution in [2.24, 2.45) is 5.92 Å². The Morgan fingerprint density at radius 3 is 2.39 bits per heavy atom. The second-order valence-corrected chi connectivity index (χ2v) is 5.87. The molecule has 5 heteroatoms. The quantitative estimate of drug-likeness (QED) is 0.484. The lowest BCUT2D eigenvalue weighted by Crippen LogP contribution is -2.48. The summed E-state index contributed by atoms with van der Waals surface area (Å²) in [7, 11) is 4.41. The van der Waals surface area contributed by atoms with E-state index in [9.17, 15) is 0 Å². The van der Waals surface area contributed by atoms with Crippen LogP contribution in [-0.4, -0.2) is 87.7 Å². The summed E-state index contributed by atoms with van der Waals surface area (Å²) >= 11 is 0. The number of likely N-dealkylation sites (N-methyl/N-ethyl adjacent to an activating group) is 1. The third-order valence-electron chi connectivity index (χ3n) is 4.15. The first kappa shape index (κ1) is 14.2. The zero-order chi connectivity index (χ0) is 12.8. The summed E-state index contributed by atoms with van der Waals surface area (Å²) in [6.07, 6.45) is 1.34. The van der Waals surface area contributed by atoms with E-state index in [4.69, 9.17) is 0 Å². The van der Waals surface area contributed by atoms with Crippen LogP contribution in [0.5, 0.6) is 0 Å². The van der Waals surface area contributed by atoms with Crippen molar-refractivity contribution in [3.63, 3.8) is 0 Å². The first-order valence-corrected chi connectivity index (χ1v) is 7.29. The van der Waals surface area contributed by atoms with Gasteiger partial charge in [0.15, 0.2) is 0 Å². The molecule has 0 aromatic rings. The van der Waals surface area contributed by atoms with Crippen molar-refractivity contribution in [3.8, 4) is 0 Å². The predicted octanol–water partition coefficient (Wildman–Crippen LogP) is -0.720. The number of likely N-dealkylation sites (tertiary alicyclic amines) is 1. The standard InChI is InChI=1S/C13H29N5/c1-16-7-9-18(10-8-16)6-4-14-15-11-13-3-5-17(2)12-13/h13-15H,3-12H2,1-2H3. The van der Waals surface area contributed by atoms with Crippen molar-refractivity contribution >= 4 is 0 Å². The Balaban J connectivity index is 1.44. The number of hydrazine groups is 1. The van der Waals surface area contributed by atoms with Crippen molar-refractivity contribution in [2.75, 3.05) is 73.0 Å². The van der Waals surface area contributed by atoms with Gasteiger partial charge in [-0.2, -0.15) is 0 Å². The summed E-state index contributed by atoms with van der Waals surface area (Å²) in [5, 5.41) is 0. The fraction of sp³-hybridized carbons (Fsp3) is 1.00. The third-order valence-corrected chi connectivity index (χ3v) is 4.15. The highest BCUT2D eigenvalue weighted by Crippen LogP contribution is 2.12. The molecule has 0 amide bonds. The van der Waals surface area contributed by atoms with Gasteiger partial charge in [-0.05, 0) is 33.0 Å². The molecule has 0 aromatic heterocycles. The van der Waals surface area contributed by atoms with Crippen LogP contribution in [0.3, 0.4) is 0 Å². The fourth-order valence-corrected chi connectivity index (χ4v) is 2.78. The van der Waals surface area contributed by atoms with E-state index in [0.717, 1.165) is 25.6 Å². The van der Waals surface area contributed by atoms with Gasteiger partial charge in [-0.15, -0.1) is 0 Å². The monoisotopic (exact) mass is 255 g/mol. The maximum atomic E-state index is 3.38. The Bertz CT molecular complexity index is 227. The van der Waals surface area contributed by atoms with Crippen LogP contribution >= 0.6 is 0 Å². The SMILES string of the molecule is CN1CCN(CCNNCC2CCN(C)C2)CC1. The fourth-order valence-electron chi connectivity index (χ4n) is 2.78. The van der Waals surface area contributed by atoms with Crippen molar-refractivity contribution in [1.82, 2.24) is 25.6 Å². The average molecular weight is 255 g/mol. The second kappa shape index (κ2) is 7.40. The highest BCUT2D eigenvalue weighted by molar-refractivity contribution is 4.74. The van der Waals surface area contributed by atoms with Crippen molar-refractivity contribution in [1.29, 1.82) is 0 Å². The summed E-state index contributed by atoms with van der Waals surface area (Å²) in [4.78, 5) is 7.35. The van der Waals surface area contributed by atoms with Gasteiger partial charge in [-0.25, -0.2) is 0 Å². The summed E-state index contributed by atoms with van der Waals surface area (Å²) in [5.74, 6) is 0.825. The van der Waals surface area contributed by atoms with E-state index in [1.807, 2.05) is 0 Å². The van der Waals surface area contributed by atoms with Crippen LogP contribution in [0.25, 0.3) is 0 Å². The summed E-state index contributed by atoms with van der Waals surface area (Å²) in [5.41, 5.74) is 6.74. The Morgan fingerprint density at radius 1 is 0.944 bits per heavy atom. The van der Waals surface area contributed by atoms with E-state index < -0.39 is 0 Å². The molecule has 0 aliphatic carbocycles. The maximum Gasteiger partial charge on any atom is 0.0228 e. The number of hydrogen-bond donors (Lipinski definition) is 2. The maximum absolute atomic E-state index is 3.38. The molecule has 0 saturated carbocycles. The van der Waals surface area contributed by atoms with E-state index in [-0.39, 0.29) is 0 Å². The van der Waals surface area contributed by atoms with Crippen molar-refractivity contribution in [2.45, 2.75) is 6.42 Å². The Labute approximate surface area is 111 Å². The molecule has 5 nitrogen and oxygen atoms in total. The smallest absolute Gasteiger partial charge is 0.0228 e. The zero-order valence-electron chi connectivity index (χ0n) is 12.0. The molecule has 2 rings (SSSR count). The van der Waals surface area contributed by atoms with Crippen LogP contribution < -0.4 is 10.9 Å². The first-order valence-electron chi connectivity index (χ1n) is 7.29. The molecule has 0 spiro atoms. The molecule has 2 aliphatic rings. The van der Waals surface area contributed by atoms with Gasteiger partial charge in [0.1, 0.15) is 0 Å². The highest BCUT2D eigenvalue weighted by atomic mass is 15.4. The van der Waals surface area contributed by atoms with E-state index in [1.54, 1.807) is 0 Å². The molecule has 0 bridgehead atoms. The van der Waals surface area contributed by atoms with Crippen molar-refractivity contribution < 1.29 is 0 Å². The van der Waals surface area contributed by atoms with E-state index in [2.05, 4.69) is 39.6 Å². The molecule has 18 heavy (non-hydrogen) atoms. The highest BCUT2D eigenvalue weighted by Gasteiger charge is 2.18. The Morgan fingerprint density at radius 2 is 1.72 bits per heavy atom. The van der Waals surface area contributed by atoms with Crippen LogP contribution in [0.4, 0.5) is 0 Å². The van der Waals surface area contributed by atoms with Gasteiger partial charge in [-0.1, -0.05) is 0 Å². The number of hydrogen-bond acceptors (Lipinski definition) is 5. The van der Waals surface area contributed by atoms with E-state index in [1.165, 1.54) is 45.7 Å². The molecule has 1 unspecified atom stereocenters. The van der Waals surface area contributed by atoms with Crippen LogP contribution in [0.1, 0.15) is 6.42 Å². The lowest BCUT2D eigenvalue weighted by atomic mass is 10.1. The molecule has 2 N–H and O–H groups in total. The number of nitrogens with zero attached hydrogens (tertiary/aromatic N) is 3. The molecule has 0 aromatic carbocycles. The van der Waals surface area contributed by atoms with Crippen LogP contribution in [-0.2, 0) is 0 Å². The van der Waals surface area contributed by atoms with Gasteiger partial charge in [0.25, 0.3) is 0 Å². The molecular formula is C13H29N5. The molecular weight excluding hydrogens is 226 g/mol. The zero-order valence-corrected chi connectivity index (χ0v) is 12.0. The van der Waals surface area contributed by atoms with Crippen LogP contribution in [0.15, 0.2) is 0 Å². The van der Waals surface area contributed by atoms with Crippen LogP contribution in [0.2, 0.25) is 0 Å². The largest absolute Gasteiger partial charge is 0.306 e. The molecule has 106 valence electrons. The van der Waals surface area contributed by atoms with E-state index in [0.29, 0.717) is 0 Å². The van der Waals surface area contributed by atoms with Crippen LogP contribution in [0, 0.1) is 5.92 Å². The lowest BCUT2D eigenvalue weighted by Gasteiger charge is -2.32. The first-order chi connectivity index (χ1) is 8.74.